The molecule has 1 fully saturated rings. The third-order valence-corrected chi connectivity index (χ3v) is 5.26. The summed E-state index contributed by atoms with van der Waals surface area (Å²) in [5.74, 6) is 0.612. The number of hydrogen-bond acceptors (Lipinski definition) is 6. The van der Waals surface area contributed by atoms with Crippen LogP contribution in [0.15, 0.2) is 42.5 Å². The number of carbonyl (C=O) groups is 2. The summed E-state index contributed by atoms with van der Waals surface area (Å²) in [4.78, 5) is 26.8. The maximum Gasteiger partial charge on any atom is 0.342 e. The highest BCUT2D eigenvalue weighted by molar-refractivity contribution is 5.97. The number of nitrogens with one attached hydrogen (secondary N) is 1. The summed E-state index contributed by atoms with van der Waals surface area (Å²) in [6.07, 6.45) is 2.39. The van der Waals surface area contributed by atoms with Crippen LogP contribution in [0.1, 0.15) is 30.1 Å². The van der Waals surface area contributed by atoms with Gasteiger partial charge in [0.2, 0.25) is 0 Å². The van der Waals surface area contributed by atoms with Gasteiger partial charge in [-0.1, -0.05) is 6.92 Å². The predicted octanol–water partition coefficient (Wildman–Crippen LogP) is 3.74. The van der Waals surface area contributed by atoms with Crippen molar-refractivity contribution in [3.05, 3.63) is 48.0 Å². The zero-order valence-electron chi connectivity index (χ0n) is 17.6. The second-order valence-corrected chi connectivity index (χ2v) is 7.41. The van der Waals surface area contributed by atoms with E-state index in [1.54, 1.807) is 12.1 Å². The molecule has 7 nitrogen and oxygen atoms in total. The number of esters is 1. The Balaban J connectivity index is 1.51. The Morgan fingerprint density at radius 2 is 1.73 bits per heavy atom. The van der Waals surface area contributed by atoms with E-state index in [0.717, 1.165) is 24.7 Å². The Hall–Kier alpha value is -3.22. The van der Waals surface area contributed by atoms with Crippen LogP contribution < -0.4 is 19.7 Å². The first-order chi connectivity index (χ1) is 14.5. The van der Waals surface area contributed by atoms with E-state index in [9.17, 15) is 9.59 Å². The highest BCUT2D eigenvalue weighted by atomic mass is 16.5. The maximum absolute atomic E-state index is 12.3. The van der Waals surface area contributed by atoms with E-state index >= 15 is 0 Å². The van der Waals surface area contributed by atoms with E-state index in [1.165, 1.54) is 33.1 Å². The minimum absolute atomic E-state index is 0.228. The Labute approximate surface area is 176 Å². The van der Waals surface area contributed by atoms with Crippen LogP contribution in [0.5, 0.6) is 11.5 Å². The molecule has 1 saturated heterocycles. The summed E-state index contributed by atoms with van der Waals surface area (Å²) in [6.45, 7) is 4.00. The van der Waals surface area contributed by atoms with Crippen LogP contribution in [0.3, 0.4) is 0 Å². The topological polar surface area (TPSA) is 77.1 Å². The standard InChI is InChI=1S/C23H28N2O5/c1-16-10-12-25(13-11-16)18-6-4-17(5-7-18)24-22(26)15-30-23(27)20-9-8-19(28-2)14-21(20)29-3/h4-9,14,16H,10-13,15H2,1-3H3,(H,24,26). The zero-order chi connectivity index (χ0) is 21.5. The minimum atomic E-state index is -0.640. The fourth-order valence-electron chi connectivity index (χ4n) is 3.40. The molecule has 0 saturated carbocycles. The number of benzene rings is 2. The normalized spacial score (nSPS) is 14.2. The lowest BCUT2D eigenvalue weighted by Crippen LogP contribution is -2.32. The highest BCUT2D eigenvalue weighted by Crippen LogP contribution is 2.26. The van der Waals surface area contributed by atoms with Crippen molar-refractivity contribution in [1.29, 1.82) is 0 Å². The summed E-state index contributed by atoms with van der Waals surface area (Å²) in [5, 5.41) is 2.75. The molecule has 1 aliphatic rings. The van der Waals surface area contributed by atoms with Crippen LogP contribution in [0.2, 0.25) is 0 Å². The number of methoxy groups -OCH3 is 2. The van der Waals surface area contributed by atoms with Crippen molar-refractivity contribution < 1.29 is 23.8 Å². The first-order valence-corrected chi connectivity index (χ1v) is 10.0. The Bertz CT molecular complexity index is 874. The molecule has 1 aliphatic heterocycles. The van der Waals surface area contributed by atoms with Gasteiger partial charge in [0.05, 0.1) is 14.2 Å². The molecule has 2 aromatic rings. The number of rotatable bonds is 7. The number of nitrogens with zero attached hydrogens (tertiary/aromatic N) is 1. The third kappa shape index (κ3) is 5.43. The number of piperidine rings is 1. The quantitative estimate of drug-likeness (QED) is 0.698. The molecule has 1 amide bonds. The van der Waals surface area contributed by atoms with E-state index in [4.69, 9.17) is 14.2 Å². The molecule has 1 heterocycles. The van der Waals surface area contributed by atoms with Gasteiger partial charge in [-0.05, 0) is 55.2 Å². The molecule has 0 aromatic heterocycles. The zero-order valence-corrected chi connectivity index (χ0v) is 17.6. The summed E-state index contributed by atoms with van der Waals surface area (Å²) in [7, 11) is 2.98. The average Bonchev–Trinajstić information content (AvgIpc) is 2.78. The van der Waals surface area contributed by atoms with E-state index in [2.05, 4.69) is 17.1 Å². The van der Waals surface area contributed by atoms with E-state index in [-0.39, 0.29) is 12.2 Å². The van der Waals surface area contributed by atoms with Crippen molar-refractivity contribution in [3.63, 3.8) is 0 Å². The molecule has 0 radical (unpaired) electrons. The maximum atomic E-state index is 12.3. The lowest BCUT2D eigenvalue weighted by molar-refractivity contribution is -0.119. The van der Waals surface area contributed by atoms with Gasteiger partial charge in [0.1, 0.15) is 17.1 Å². The molecule has 0 aliphatic carbocycles. The van der Waals surface area contributed by atoms with Crippen LogP contribution in [-0.4, -0.2) is 45.8 Å². The van der Waals surface area contributed by atoms with Crippen molar-refractivity contribution >= 4 is 23.3 Å². The van der Waals surface area contributed by atoms with Crippen LogP contribution >= 0.6 is 0 Å². The number of ether oxygens (including phenoxy) is 3. The van der Waals surface area contributed by atoms with Gasteiger partial charge >= 0.3 is 5.97 Å². The monoisotopic (exact) mass is 412 g/mol. The minimum Gasteiger partial charge on any atom is -0.497 e. The number of hydrogen-bond donors (Lipinski definition) is 1. The highest BCUT2D eigenvalue weighted by Gasteiger charge is 2.17. The number of anilines is 2. The number of carbonyl (C=O) groups excluding carboxylic acids is 2. The summed E-state index contributed by atoms with van der Waals surface area (Å²) in [5.41, 5.74) is 2.04. The van der Waals surface area contributed by atoms with Crippen molar-refractivity contribution in [2.75, 3.05) is 44.1 Å². The van der Waals surface area contributed by atoms with Crippen molar-refractivity contribution in [1.82, 2.24) is 0 Å². The Kier molecular flexibility index (Phi) is 7.17. The van der Waals surface area contributed by atoms with Gasteiger partial charge in [-0.15, -0.1) is 0 Å². The molecule has 30 heavy (non-hydrogen) atoms. The second kappa shape index (κ2) is 10.0. The van der Waals surface area contributed by atoms with E-state index in [0.29, 0.717) is 17.2 Å². The average molecular weight is 412 g/mol. The fraction of sp³-hybridized carbons (Fsp3) is 0.391. The molecular formula is C23H28N2O5. The first kappa shape index (κ1) is 21.5. The molecule has 2 aromatic carbocycles. The van der Waals surface area contributed by atoms with Crippen LogP contribution in [0.4, 0.5) is 11.4 Å². The van der Waals surface area contributed by atoms with Gasteiger partial charge in [-0.2, -0.15) is 0 Å². The molecular weight excluding hydrogens is 384 g/mol. The van der Waals surface area contributed by atoms with Gasteiger partial charge < -0.3 is 24.4 Å². The van der Waals surface area contributed by atoms with Gasteiger partial charge in [-0.3, -0.25) is 4.79 Å². The summed E-state index contributed by atoms with van der Waals surface area (Å²) < 4.78 is 15.4. The Morgan fingerprint density at radius 3 is 2.37 bits per heavy atom. The van der Waals surface area contributed by atoms with Gasteiger partial charge in [-0.25, -0.2) is 4.79 Å². The summed E-state index contributed by atoms with van der Waals surface area (Å²) in [6, 6.07) is 12.5. The van der Waals surface area contributed by atoms with E-state index in [1.807, 2.05) is 24.3 Å². The molecule has 0 atom stereocenters. The SMILES string of the molecule is COc1ccc(C(=O)OCC(=O)Nc2ccc(N3CCC(C)CC3)cc2)c(OC)c1. The fourth-order valence-corrected chi connectivity index (χ4v) is 3.40. The van der Waals surface area contributed by atoms with Crippen molar-refractivity contribution in [2.24, 2.45) is 5.92 Å². The van der Waals surface area contributed by atoms with Crippen molar-refractivity contribution in [2.45, 2.75) is 19.8 Å². The lowest BCUT2D eigenvalue weighted by atomic mass is 9.99. The van der Waals surface area contributed by atoms with Crippen LogP contribution in [0, 0.1) is 5.92 Å². The smallest absolute Gasteiger partial charge is 0.342 e. The largest absolute Gasteiger partial charge is 0.497 e. The van der Waals surface area contributed by atoms with Crippen molar-refractivity contribution in [3.8, 4) is 11.5 Å². The van der Waals surface area contributed by atoms with Gasteiger partial charge in [0.25, 0.3) is 5.91 Å². The number of amides is 1. The molecule has 0 bridgehead atoms. The van der Waals surface area contributed by atoms with Gasteiger partial charge in [0, 0.05) is 30.5 Å². The Morgan fingerprint density at radius 1 is 1.03 bits per heavy atom. The molecule has 0 spiro atoms. The van der Waals surface area contributed by atoms with Gasteiger partial charge in [0.15, 0.2) is 6.61 Å². The molecule has 0 unspecified atom stereocenters. The second-order valence-electron chi connectivity index (χ2n) is 7.41. The summed E-state index contributed by atoms with van der Waals surface area (Å²) >= 11 is 0. The molecule has 1 N–H and O–H groups in total. The first-order valence-electron chi connectivity index (χ1n) is 10.0. The molecule has 7 heteroatoms. The molecule has 160 valence electrons. The third-order valence-electron chi connectivity index (χ3n) is 5.26. The van der Waals surface area contributed by atoms with Crippen LogP contribution in [0.25, 0.3) is 0 Å². The van der Waals surface area contributed by atoms with Crippen LogP contribution in [-0.2, 0) is 9.53 Å². The molecule has 3 rings (SSSR count). The predicted molar refractivity (Wildman–Crippen MR) is 116 cm³/mol. The lowest BCUT2D eigenvalue weighted by Gasteiger charge is -2.32. The van der Waals surface area contributed by atoms with E-state index < -0.39 is 11.9 Å².